The lowest BCUT2D eigenvalue weighted by molar-refractivity contribution is 0.212. The van der Waals surface area contributed by atoms with Gasteiger partial charge in [0, 0.05) is 36.6 Å². The summed E-state index contributed by atoms with van der Waals surface area (Å²) in [7, 11) is 1.60. The average Bonchev–Trinajstić information content (AvgIpc) is 3.13. The molecule has 6 nitrogen and oxygen atoms in total. The number of nitrogens with zero attached hydrogens (tertiary/aromatic N) is 1. The van der Waals surface area contributed by atoms with Crippen molar-refractivity contribution in [3.63, 3.8) is 0 Å². The van der Waals surface area contributed by atoms with Crippen molar-refractivity contribution in [3.8, 4) is 11.5 Å². The van der Waals surface area contributed by atoms with Crippen molar-refractivity contribution < 1.29 is 14.3 Å². The number of fused-ring (bicyclic) bond motifs is 1. The molecular weight excluding hydrogens is 354 g/mol. The molecule has 2 aromatic carbocycles. The number of benzene rings is 2. The van der Waals surface area contributed by atoms with Gasteiger partial charge >= 0.3 is 6.03 Å². The summed E-state index contributed by atoms with van der Waals surface area (Å²) in [6, 6.07) is 13.4. The lowest BCUT2D eigenvalue weighted by atomic mass is 10.1. The highest BCUT2D eigenvalue weighted by atomic mass is 16.5. The fourth-order valence-corrected chi connectivity index (χ4v) is 3.05. The molecule has 0 atom stereocenters. The third kappa shape index (κ3) is 4.57. The molecule has 0 aliphatic heterocycles. The normalized spacial score (nSPS) is 10.9. The van der Waals surface area contributed by atoms with Crippen LogP contribution in [0.15, 0.2) is 48.7 Å². The average molecular weight is 381 g/mol. The second-order valence-corrected chi connectivity index (χ2v) is 6.88. The summed E-state index contributed by atoms with van der Waals surface area (Å²) in [6.45, 7) is 7.00. The molecule has 0 aliphatic rings. The van der Waals surface area contributed by atoms with Crippen LogP contribution in [0.3, 0.4) is 0 Å². The Labute approximate surface area is 165 Å². The van der Waals surface area contributed by atoms with Crippen molar-refractivity contribution in [2.75, 3.05) is 19.0 Å². The lowest BCUT2D eigenvalue weighted by Gasteiger charge is -2.22. The first-order valence-electron chi connectivity index (χ1n) is 9.46. The number of hydrogen-bond acceptors (Lipinski definition) is 3. The third-order valence-corrected chi connectivity index (χ3v) is 4.44. The quantitative estimate of drug-likeness (QED) is 0.604. The highest BCUT2D eigenvalue weighted by molar-refractivity contribution is 5.90. The molecule has 0 bridgehead atoms. The molecule has 0 spiro atoms. The van der Waals surface area contributed by atoms with Gasteiger partial charge < -0.3 is 24.7 Å². The van der Waals surface area contributed by atoms with E-state index in [9.17, 15) is 4.79 Å². The van der Waals surface area contributed by atoms with E-state index in [4.69, 9.17) is 9.47 Å². The van der Waals surface area contributed by atoms with E-state index in [-0.39, 0.29) is 12.1 Å². The zero-order chi connectivity index (χ0) is 20.1. The molecule has 28 heavy (non-hydrogen) atoms. The molecule has 3 aromatic rings. The molecule has 0 saturated heterocycles. The van der Waals surface area contributed by atoms with Gasteiger partial charge in [0.15, 0.2) is 11.5 Å². The smallest absolute Gasteiger partial charge is 0.322 e. The van der Waals surface area contributed by atoms with Gasteiger partial charge in [-0.15, -0.1) is 0 Å². The summed E-state index contributed by atoms with van der Waals surface area (Å²) in [4.78, 5) is 17.7. The number of ether oxygens (including phenoxy) is 2. The molecular formula is C22H27N3O3. The molecule has 1 heterocycles. The van der Waals surface area contributed by atoms with Crippen molar-refractivity contribution >= 4 is 22.6 Å². The molecule has 0 unspecified atom stereocenters. The summed E-state index contributed by atoms with van der Waals surface area (Å²) >= 11 is 0. The molecule has 0 aliphatic carbocycles. The molecule has 1 aromatic heterocycles. The Hall–Kier alpha value is -3.15. The summed E-state index contributed by atoms with van der Waals surface area (Å²) in [5, 5.41) is 4.09. The Morgan fingerprint density at radius 3 is 2.68 bits per heavy atom. The number of amides is 2. The van der Waals surface area contributed by atoms with Gasteiger partial charge in [0.25, 0.3) is 0 Å². The van der Waals surface area contributed by atoms with Gasteiger partial charge in [-0.1, -0.05) is 6.07 Å². The van der Waals surface area contributed by atoms with E-state index in [1.54, 1.807) is 24.1 Å². The Kier molecular flexibility index (Phi) is 6.09. The number of methoxy groups -OCH3 is 1. The summed E-state index contributed by atoms with van der Waals surface area (Å²) in [5.41, 5.74) is 2.84. The number of aromatic amines is 1. The molecule has 2 N–H and O–H groups in total. The van der Waals surface area contributed by atoms with E-state index in [1.807, 2.05) is 51.2 Å². The summed E-state index contributed by atoms with van der Waals surface area (Å²) < 4.78 is 11.1. The first-order chi connectivity index (χ1) is 13.5. The topological polar surface area (TPSA) is 66.6 Å². The molecule has 148 valence electrons. The minimum atomic E-state index is -0.155. The number of rotatable bonds is 7. The zero-order valence-corrected chi connectivity index (χ0v) is 16.8. The Morgan fingerprint density at radius 1 is 1.14 bits per heavy atom. The van der Waals surface area contributed by atoms with Crippen molar-refractivity contribution in [3.05, 3.63) is 54.2 Å². The number of carbonyl (C=O) groups is 1. The van der Waals surface area contributed by atoms with Crippen LogP contribution in [0.2, 0.25) is 0 Å². The number of H-pyrrole nitrogens is 1. The van der Waals surface area contributed by atoms with Crippen LogP contribution in [0, 0.1) is 0 Å². The van der Waals surface area contributed by atoms with Crippen LogP contribution in [0.25, 0.3) is 10.9 Å². The zero-order valence-electron chi connectivity index (χ0n) is 16.8. The van der Waals surface area contributed by atoms with Gasteiger partial charge in [-0.25, -0.2) is 4.79 Å². The second kappa shape index (κ2) is 8.69. The molecule has 0 fully saturated rings. The van der Waals surface area contributed by atoms with Gasteiger partial charge in [0.1, 0.15) is 0 Å². The third-order valence-electron chi connectivity index (χ3n) is 4.44. The first kappa shape index (κ1) is 19.6. The van der Waals surface area contributed by atoms with Gasteiger partial charge in [0.05, 0.1) is 13.2 Å². The predicted molar refractivity (Wildman–Crippen MR) is 112 cm³/mol. The van der Waals surface area contributed by atoms with Crippen LogP contribution in [0.1, 0.15) is 26.3 Å². The minimum absolute atomic E-state index is 0.00957. The lowest BCUT2D eigenvalue weighted by Crippen LogP contribution is -2.34. The van der Waals surface area contributed by atoms with Crippen LogP contribution in [-0.2, 0) is 6.54 Å². The Bertz CT molecular complexity index is 949. The standard InChI is InChI=1S/C22H27N3O3/c1-5-25(14-16-6-8-19-17(12-16)10-11-23-19)22(26)24-18-7-9-20(27-4)21(13-18)28-15(2)3/h6-13,15,23H,5,14H2,1-4H3,(H,24,26). The van der Waals surface area contributed by atoms with E-state index in [0.29, 0.717) is 30.3 Å². The van der Waals surface area contributed by atoms with Crippen LogP contribution in [0.4, 0.5) is 10.5 Å². The monoisotopic (exact) mass is 381 g/mol. The van der Waals surface area contributed by atoms with Crippen molar-refractivity contribution in [1.29, 1.82) is 0 Å². The van der Waals surface area contributed by atoms with E-state index < -0.39 is 0 Å². The van der Waals surface area contributed by atoms with Crippen LogP contribution < -0.4 is 14.8 Å². The van der Waals surface area contributed by atoms with Gasteiger partial charge in [0.2, 0.25) is 0 Å². The fraction of sp³-hybridized carbons (Fsp3) is 0.318. The van der Waals surface area contributed by atoms with Gasteiger partial charge in [-0.05, 0) is 62.1 Å². The fourth-order valence-electron chi connectivity index (χ4n) is 3.05. The summed E-state index contributed by atoms with van der Waals surface area (Å²) in [5.74, 6) is 1.25. The van der Waals surface area contributed by atoms with Crippen molar-refractivity contribution in [2.24, 2.45) is 0 Å². The number of hydrogen-bond donors (Lipinski definition) is 2. The van der Waals surface area contributed by atoms with E-state index in [2.05, 4.69) is 16.4 Å². The number of anilines is 1. The first-order valence-corrected chi connectivity index (χ1v) is 9.46. The highest BCUT2D eigenvalue weighted by Gasteiger charge is 2.15. The van der Waals surface area contributed by atoms with Crippen LogP contribution >= 0.6 is 0 Å². The van der Waals surface area contributed by atoms with E-state index >= 15 is 0 Å². The van der Waals surface area contributed by atoms with Crippen LogP contribution in [-0.4, -0.2) is 35.7 Å². The Balaban J connectivity index is 1.72. The van der Waals surface area contributed by atoms with Crippen molar-refractivity contribution in [1.82, 2.24) is 9.88 Å². The molecule has 0 radical (unpaired) electrons. The van der Waals surface area contributed by atoms with E-state index in [1.165, 1.54) is 0 Å². The maximum Gasteiger partial charge on any atom is 0.322 e. The summed E-state index contributed by atoms with van der Waals surface area (Å²) in [6.07, 6.45) is 1.93. The predicted octanol–water partition coefficient (Wildman–Crippen LogP) is 5.02. The molecule has 6 heteroatoms. The number of aromatic nitrogens is 1. The molecule has 3 rings (SSSR count). The maximum atomic E-state index is 12.8. The molecule has 2 amide bonds. The Morgan fingerprint density at radius 2 is 1.96 bits per heavy atom. The van der Waals surface area contributed by atoms with Crippen molar-refractivity contribution in [2.45, 2.75) is 33.4 Å². The maximum absolute atomic E-state index is 12.8. The van der Waals surface area contributed by atoms with Crippen LogP contribution in [0.5, 0.6) is 11.5 Å². The number of nitrogens with one attached hydrogen (secondary N) is 2. The molecule has 0 saturated carbocycles. The van der Waals surface area contributed by atoms with Gasteiger partial charge in [-0.3, -0.25) is 0 Å². The number of urea groups is 1. The largest absolute Gasteiger partial charge is 0.493 e. The second-order valence-electron chi connectivity index (χ2n) is 6.88. The number of carbonyl (C=O) groups excluding carboxylic acids is 1. The van der Waals surface area contributed by atoms with Gasteiger partial charge in [-0.2, -0.15) is 0 Å². The minimum Gasteiger partial charge on any atom is -0.493 e. The van der Waals surface area contributed by atoms with E-state index in [0.717, 1.165) is 16.5 Å². The SMILES string of the molecule is CCN(Cc1ccc2[nH]ccc2c1)C(=O)Nc1ccc(OC)c(OC(C)C)c1. The highest BCUT2D eigenvalue weighted by Crippen LogP contribution is 2.31.